The van der Waals surface area contributed by atoms with E-state index in [2.05, 4.69) is 20.4 Å². The Hall–Kier alpha value is -1.61. The van der Waals surface area contributed by atoms with Crippen molar-refractivity contribution in [2.24, 2.45) is 0 Å². The fourth-order valence-corrected chi connectivity index (χ4v) is 2.18. The van der Waals surface area contributed by atoms with E-state index in [-0.39, 0.29) is 18.1 Å². The maximum absolute atomic E-state index is 12.2. The number of anilines is 1. The average Bonchev–Trinajstić information content (AvgIpc) is 2.53. The number of amides is 1. The molecule has 0 atom stereocenters. The van der Waals surface area contributed by atoms with Crippen molar-refractivity contribution in [1.82, 2.24) is 6.15 Å². The number of carbonyl (C=O) groups excluding carboxylic acids is 1. The van der Waals surface area contributed by atoms with Gasteiger partial charge in [0, 0.05) is 18.2 Å². The third-order valence-electron chi connectivity index (χ3n) is 3.26. The molecule has 0 saturated heterocycles. The summed E-state index contributed by atoms with van der Waals surface area (Å²) in [6.45, 7) is 13.9. The van der Waals surface area contributed by atoms with Crippen molar-refractivity contribution < 1.29 is 4.79 Å². The first-order chi connectivity index (χ1) is 9.67. The lowest BCUT2D eigenvalue weighted by molar-refractivity contribution is -0.118. The molecule has 1 amide bonds. The normalized spacial score (nSPS) is 9.24. The molecule has 0 aliphatic heterocycles. The Morgan fingerprint density at radius 3 is 2.24 bits per heavy atom. The summed E-state index contributed by atoms with van der Waals surface area (Å²) >= 11 is 0. The van der Waals surface area contributed by atoms with E-state index in [4.69, 9.17) is 0 Å². The Bertz CT molecular complexity index is 411. The number of carbonyl (C=O) groups is 1. The number of hydrogen-bond acceptors (Lipinski definition) is 2. The van der Waals surface area contributed by atoms with Crippen LogP contribution >= 0.6 is 0 Å². The lowest BCUT2D eigenvalue weighted by Crippen LogP contribution is -2.39. The first-order valence-corrected chi connectivity index (χ1v) is 7.72. The minimum absolute atomic E-state index is 0. The predicted molar refractivity (Wildman–Crippen MR) is 95.1 cm³/mol. The average molecular weight is 292 g/mol. The van der Waals surface area contributed by atoms with Crippen molar-refractivity contribution in [3.05, 3.63) is 36.4 Å². The first kappa shape index (κ1) is 21.7. The topological polar surface area (TPSA) is 55.3 Å². The van der Waals surface area contributed by atoms with Crippen LogP contribution in [-0.4, -0.2) is 11.9 Å². The van der Waals surface area contributed by atoms with Gasteiger partial charge >= 0.3 is 0 Å². The van der Waals surface area contributed by atoms with Crippen LogP contribution in [-0.2, 0) is 4.79 Å². The van der Waals surface area contributed by atoms with Crippen LogP contribution in [0.2, 0.25) is 0 Å². The van der Waals surface area contributed by atoms with E-state index in [0.717, 1.165) is 24.1 Å². The van der Waals surface area contributed by atoms with Gasteiger partial charge in [0.15, 0.2) is 0 Å². The molecule has 3 heteroatoms. The molecule has 0 heterocycles. The zero-order chi connectivity index (χ0) is 15.5. The van der Waals surface area contributed by atoms with Crippen LogP contribution in [0.4, 0.5) is 5.69 Å². The highest BCUT2D eigenvalue weighted by molar-refractivity contribution is 5.94. The highest BCUT2D eigenvalue weighted by Crippen LogP contribution is 2.23. The monoisotopic (exact) mass is 292 g/mol. The molecule has 0 radical (unpaired) electrons. The Balaban J connectivity index is 0. The molecule has 1 rings (SSSR count). The number of hydrogen-bond donors (Lipinski definition) is 1. The van der Waals surface area contributed by atoms with Crippen LogP contribution in [0.1, 0.15) is 59.4 Å². The molecule has 0 aromatic heterocycles. The van der Waals surface area contributed by atoms with Crippen LogP contribution in [0.15, 0.2) is 30.8 Å². The predicted octanol–water partition coefficient (Wildman–Crippen LogP) is 5.45. The molecule has 1 aromatic carbocycles. The van der Waals surface area contributed by atoms with Crippen LogP contribution in [0.3, 0.4) is 0 Å². The van der Waals surface area contributed by atoms with Crippen molar-refractivity contribution in [3.63, 3.8) is 0 Å². The lowest BCUT2D eigenvalue weighted by Gasteiger charge is -2.30. The van der Waals surface area contributed by atoms with Crippen LogP contribution in [0.5, 0.6) is 0 Å². The van der Waals surface area contributed by atoms with Gasteiger partial charge < -0.3 is 11.1 Å². The molecule has 0 aliphatic carbocycles. The third kappa shape index (κ3) is 6.13. The van der Waals surface area contributed by atoms with E-state index in [1.165, 1.54) is 0 Å². The molecular weight excluding hydrogens is 260 g/mol. The zero-order valence-electron chi connectivity index (χ0n) is 14.4. The van der Waals surface area contributed by atoms with Crippen LogP contribution in [0.25, 0.3) is 6.08 Å². The van der Waals surface area contributed by atoms with Gasteiger partial charge in [-0.15, -0.1) is 0 Å². The van der Waals surface area contributed by atoms with Gasteiger partial charge in [-0.1, -0.05) is 59.4 Å². The second-order valence-electron chi connectivity index (χ2n) is 4.39. The fraction of sp³-hybridized carbons (Fsp3) is 0.500. The van der Waals surface area contributed by atoms with Crippen molar-refractivity contribution >= 4 is 17.7 Å². The third-order valence-corrected chi connectivity index (χ3v) is 3.26. The molecule has 0 bridgehead atoms. The Labute approximate surface area is 130 Å². The molecule has 3 nitrogen and oxygen atoms in total. The van der Waals surface area contributed by atoms with Crippen molar-refractivity contribution in [2.75, 3.05) is 4.90 Å². The Morgan fingerprint density at radius 2 is 1.81 bits per heavy atom. The summed E-state index contributed by atoms with van der Waals surface area (Å²) in [5.74, 6) is 0.185. The summed E-state index contributed by atoms with van der Waals surface area (Å²) in [6.07, 6.45) is 4.29. The standard InChI is InChI=1S/C16H23NO.C2H6.H3N/c1-5-13-10-9-11-15(12-13)17(16(18)8-4)14(6-2)7-3;1-2;/h5,9-12,14H,1,6-8H2,2-4H3;1-2H3;1H3. The van der Waals surface area contributed by atoms with Gasteiger partial charge in [0.25, 0.3) is 0 Å². The highest BCUT2D eigenvalue weighted by Gasteiger charge is 2.21. The van der Waals surface area contributed by atoms with E-state index in [9.17, 15) is 4.79 Å². The Morgan fingerprint density at radius 1 is 1.24 bits per heavy atom. The molecule has 0 saturated carbocycles. The van der Waals surface area contributed by atoms with E-state index < -0.39 is 0 Å². The second kappa shape index (κ2) is 12.2. The smallest absolute Gasteiger partial charge is 0.226 e. The molecule has 120 valence electrons. The summed E-state index contributed by atoms with van der Waals surface area (Å²) in [4.78, 5) is 14.1. The zero-order valence-corrected chi connectivity index (χ0v) is 14.4. The molecule has 0 unspecified atom stereocenters. The summed E-state index contributed by atoms with van der Waals surface area (Å²) < 4.78 is 0. The lowest BCUT2D eigenvalue weighted by atomic mass is 10.1. The van der Waals surface area contributed by atoms with Gasteiger partial charge in [-0.25, -0.2) is 0 Å². The highest BCUT2D eigenvalue weighted by atomic mass is 16.2. The summed E-state index contributed by atoms with van der Waals surface area (Å²) in [5.41, 5.74) is 2.03. The molecular formula is C18H32N2O. The van der Waals surface area contributed by atoms with Gasteiger partial charge in [-0.05, 0) is 30.5 Å². The second-order valence-corrected chi connectivity index (χ2v) is 4.39. The number of rotatable bonds is 6. The van der Waals surface area contributed by atoms with Crippen molar-refractivity contribution in [3.8, 4) is 0 Å². The van der Waals surface area contributed by atoms with Crippen LogP contribution < -0.4 is 11.1 Å². The molecule has 0 aliphatic rings. The maximum atomic E-state index is 12.2. The molecule has 0 spiro atoms. The molecule has 1 aromatic rings. The molecule has 0 fully saturated rings. The van der Waals surface area contributed by atoms with Crippen molar-refractivity contribution in [2.45, 2.75) is 59.9 Å². The first-order valence-electron chi connectivity index (χ1n) is 7.72. The largest absolute Gasteiger partial charge is 0.344 e. The van der Waals surface area contributed by atoms with Gasteiger partial charge in [-0.2, -0.15) is 0 Å². The molecule has 21 heavy (non-hydrogen) atoms. The SMILES string of the molecule is C=Cc1cccc(N(C(=O)CC)C(CC)CC)c1.CC.N. The summed E-state index contributed by atoms with van der Waals surface area (Å²) in [5, 5.41) is 0. The van der Waals surface area contributed by atoms with Gasteiger partial charge in [-0.3, -0.25) is 4.79 Å². The summed E-state index contributed by atoms with van der Waals surface area (Å²) in [6, 6.07) is 8.28. The summed E-state index contributed by atoms with van der Waals surface area (Å²) in [7, 11) is 0. The van der Waals surface area contributed by atoms with Gasteiger partial charge in [0.05, 0.1) is 0 Å². The minimum atomic E-state index is 0. The van der Waals surface area contributed by atoms with E-state index in [0.29, 0.717) is 6.42 Å². The molecule has 3 N–H and O–H groups in total. The fourth-order valence-electron chi connectivity index (χ4n) is 2.18. The Kier molecular flexibility index (Phi) is 12.6. The van der Waals surface area contributed by atoms with E-state index in [1.807, 2.05) is 56.0 Å². The van der Waals surface area contributed by atoms with Crippen LogP contribution in [0, 0.1) is 0 Å². The van der Waals surface area contributed by atoms with E-state index in [1.54, 1.807) is 0 Å². The van der Waals surface area contributed by atoms with E-state index >= 15 is 0 Å². The minimum Gasteiger partial charge on any atom is -0.344 e. The van der Waals surface area contributed by atoms with Gasteiger partial charge in [0.2, 0.25) is 5.91 Å². The van der Waals surface area contributed by atoms with Gasteiger partial charge in [0.1, 0.15) is 0 Å². The number of nitrogens with zero attached hydrogens (tertiary/aromatic N) is 1. The quantitative estimate of drug-likeness (QED) is 0.758. The number of benzene rings is 1. The van der Waals surface area contributed by atoms with Crippen molar-refractivity contribution in [1.29, 1.82) is 0 Å². The maximum Gasteiger partial charge on any atom is 0.226 e.